The number of nitrogens with zero attached hydrogens (tertiary/aromatic N) is 7. The van der Waals surface area contributed by atoms with Gasteiger partial charge in [-0.2, -0.15) is 0 Å². The molecule has 5 rings (SSSR count). The minimum atomic E-state index is -4.39. The van der Waals surface area contributed by atoms with Crippen LogP contribution in [0.2, 0.25) is 0 Å². The highest BCUT2D eigenvalue weighted by atomic mass is 31.2. The topological polar surface area (TPSA) is 177 Å². The predicted molar refractivity (Wildman–Crippen MR) is 153 cm³/mol. The summed E-state index contributed by atoms with van der Waals surface area (Å²) in [7, 11) is -5.20. The summed E-state index contributed by atoms with van der Waals surface area (Å²) in [6.07, 6.45) is 3.63. The van der Waals surface area contributed by atoms with Crippen LogP contribution in [0.1, 0.15) is 22.3 Å². The fraction of sp³-hybridized carbons (Fsp3) is 0.222. The minimum Gasteiger partial charge on any atom is -0.627 e. The highest BCUT2D eigenvalue weighted by Gasteiger charge is 2.29. The van der Waals surface area contributed by atoms with Gasteiger partial charge in [0, 0.05) is 11.1 Å². The second-order valence-electron chi connectivity index (χ2n) is 10.3. The molecule has 0 aliphatic carbocycles. The summed E-state index contributed by atoms with van der Waals surface area (Å²) in [6.45, 7) is 7.12. The van der Waals surface area contributed by atoms with Crippen LogP contribution in [0.4, 0.5) is 0 Å². The lowest BCUT2D eigenvalue weighted by Gasteiger charge is -2.16. The van der Waals surface area contributed by atoms with Crippen LogP contribution in [0.15, 0.2) is 54.9 Å². The van der Waals surface area contributed by atoms with Crippen LogP contribution in [0.5, 0.6) is 0 Å². The molecule has 3 aromatic heterocycles. The quantitative estimate of drug-likeness (QED) is 0.154. The van der Waals surface area contributed by atoms with E-state index < -0.39 is 15.5 Å². The summed E-state index contributed by atoms with van der Waals surface area (Å²) in [5, 5.41) is 9.12. The molecular weight excluding hydrogens is 580 g/mol. The largest absolute Gasteiger partial charge is 0.627 e. The SMILES string of the molecule is Cc1cc(P(=O)(O)O)cc(C)c1-[n+]1cc(-c2cccc(-c3c[n+](-c4c(C)cc([P+]([O-])(O)O)cc4C)nn3C)n2)n(C)n1. The second-order valence-corrected chi connectivity index (χ2v) is 13.5. The van der Waals surface area contributed by atoms with Crippen molar-refractivity contribution in [1.82, 2.24) is 24.8 Å². The first-order valence-corrected chi connectivity index (χ1v) is 16.0. The van der Waals surface area contributed by atoms with Crippen molar-refractivity contribution in [3.63, 3.8) is 0 Å². The summed E-state index contributed by atoms with van der Waals surface area (Å²) in [5.74, 6) is 0. The number of benzene rings is 2. The zero-order chi connectivity index (χ0) is 30.7. The fourth-order valence-electron chi connectivity index (χ4n) is 5.16. The van der Waals surface area contributed by atoms with Crippen molar-refractivity contribution < 1.29 is 38.4 Å². The van der Waals surface area contributed by atoms with Gasteiger partial charge < -0.3 is 14.7 Å². The standard InChI is InChI=1S/C27H29N7O6P2/c1-16-10-20(41(35,36)37)11-17(2)26(16)33-14-24(31(5)29-33)22-8-7-9-23(28-22)25-15-34(30-32(25)6)27-18(3)12-21(13-19(27)4)42(38,39)40/h7-15H,1-6H3,(H2-2,35,36,37,38,39,40)/p+2. The highest BCUT2D eigenvalue weighted by molar-refractivity contribution is 7.65. The molecule has 0 fully saturated rings. The molecule has 0 radical (unpaired) electrons. The number of aryl methyl sites for hydroxylation is 6. The molecule has 218 valence electrons. The normalized spacial score (nSPS) is 12.3. The van der Waals surface area contributed by atoms with Crippen LogP contribution in [0.3, 0.4) is 0 Å². The molecule has 0 aliphatic rings. The fourth-order valence-corrected chi connectivity index (χ4v) is 6.61. The third-order valence-electron chi connectivity index (χ3n) is 7.00. The molecule has 5 aromatic rings. The number of rotatable bonds is 6. The van der Waals surface area contributed by atoms with E-state index >= 15 is 0 Å². The Balaban J connectivity index is 1.53. The maximum atomic E-state index is 11.8. The van der Waals surface area contributed by atoms with Crippen LogP contribution in [-0.4, -0.2) is 44.3 Å². The molecule has 3 heterocycles. The number of aromatic nitrogens is 7. The third-order valence-corrected chi connectivity index (χ3v) is 8.87. The van der Waals surface area contributed by atoms with E-state index in [1.807, 2.05) is 30.6 Å². The van der Waals surface area contributed by atoms with E-state index in [0.717, 1.165) is 0 Å². The van der Waals surface area contributed by atoms with Gasteiger partial charge in [-0.3, -0.25) is 4.57 Å². The average molecular weight is 612 g/mol. The van der Waals surface area contributed by atoms with E-state index in [4.69, 9.17) is 4.98 Å². The smallest absolute Gasteiger partial charge is 0.356 e. The Morgan fingerprint density at radius 3 is 1.57 bits per heavy atom. The minimum absolute atomic E-state index is 0.0380. The molecule has 15 heteroatoms. The van der Waals surface area contributed by atoms with Crippen LogP contribution in [0.25, 0.3) is 34.2 Å². The van der Waals surface area contributed by atoms with E-state index in [1.54, 1.807) is 60.5 Å². The van der Waals surface area contributed by atoms with Gasteiger partial charge in [0.2, 0.25) is 11.4 Å². The number of hydrogen-bond donors (Lipinski definition) is 4. The number of pyridine rings is 1. The monoisotopic (exact) mass is 611 g/mol. The lowest BCUT2D eigenvalue weighted by molar-refractivity contribution is -0.662. The molecule has 0 aliphatic heterocycles. The summed E-state index contributed by atoms with van der Waals surface area (Å²) in [6, 6.07) is 11.5. The average Bonchev–Trinajstić information content (AvgIpc) is 3.44. The van der Waals surface area contributed by atoms with Crippen molar-refractivity contribution in [3.8, 4) is 34.2 Å². The van der Waals surface area contributed by atoms with Crippen LogP contribution in [-0.2, 0) is 18.7 Å². The molecule has 0 amide bonds. The van der Waals surface area contributed by atoms with Crippen molar-refractivity contribution in [2.75, 3.05) is 0 Å². The molecule has 0 saturated carbocycles. The molecule has 13 nitrogen and oxygen atoms in total. The first-order valence-electron chi connectivity index (χ1n) is 12.8. The van der Waals surface area contributed by atoms with Gasteiger partial charge in [0.1, 0.15) is 30.8 Å². The molecular formula is C27H31N7O6P2+2. The van der Waals surface area contributed by atoms with E-state index in [9.17, 15) is 29.0 Å². The Bertz CT molecular complexity index is 1860. The Morgan fingerprint density at radius 1 is 0.786 bits per heavy atom. The van der Waals surface area contributed by atoms with Crippen LogP contribution in [0, 0.1) is 27.7 Å². The zero-order valence-corrected chi connectivity index (χ0v) is 25.6. The molecule has 0 spiro atoms. The molecule has 0 unspecified atom stereocenters. The van der Waals surface area contributed by atoms with Gasteiger partial charge in [0.25, 0.3) is 7.94 Å². The van der Waals surface area contributed by atoms with Gasteiger partial charge in [0.05, 0.1) is 15.7 Å². The van der Waals surface area contributed by atoms with Crippen molar-refractivity contribution in [3.05, 3.63) is 77.1 Å². The third kappa shape index (κ3) is 5.56. The van der Waals surface area contributed by atoms with Gasteiger partial charge in [-0.1, -0.05) is 6.07 Å². The molecule has 0 bridgehead atoms. The molecule has 0 saturated heterocycles. The maximum absolute atomic E-state index is 11.8. The Hall–Kier alpha value is -3.67. The first kappa shape index (κ1) is 29.8. The van der Waals surface area contributed by atoms with Crippen LogP contribution >= 0.6 is 15.5 Å². The van der Waals surface area contributed by atoms with E-state index in [1.165, 1.54) is 24.3 Å². The second kappa shape index (κ2) is 10.6. The summed E-state index contributed by atoms with van der Waals surface area (Å²) in [4.78, 5) is 55.1. The summed E-state index contributed by atoms with van der Waals surface area (Å²) in [5.41, 5.74) is 6.83. The van der Waals surface area contributed by atoms with E-state index in [0.29, 0.717) is 56.4 Å². The van der Waals surface area contributed by atoms with Gasteiger partial charge in [-0.15, -0.1) is 18.7 Å². The lowest BCUT2D eigenvalue weighted by atomic mass is 10.1. The van der Waals surface area contributed by atoms with Gasteiger partial charge in [-0.05, 0) is 75.2 Å². The highest BCUT2D eigenvalue weighted by Crippen LogP contribution is 2.38. The molecule has 0 atom stereocenters. The lowest BCUT2D eigenvalue weighted by Crippen LogP contribution is -2.36. The van der Waals surface area contributed by atoms with E-state index in [2.05, 4.69) is 10.4 Å². The van der Waals surface area contributed by atoms with Crippen molar-refractivity contribution in [1.29, 1.82) is 0 Å². The Morgan fingerprint density at radius 2 is 1.19 bits per heavy atom. The molecule has 4 N–H and O–H groups in total. The van der Waals surface area contributed by atoms with Crippen molar-refractivity contribution in [2.45, 2.75) is 27.7 Å². The molecule has 2 aromatic carbocycles. The van der Waals surface area contributed by atoms with Gasteiger partial charge in [0.15, 0.2) is 23.8 Å². The number of hydrogen-bond acceptors (Lipinski definition) is 7. The van der Waals surface area contributed by atoms with Crippen molar-refractivity contribution >= 4 is 26.1 Å². The first-order chi connectivity index (χ1) is 19.5. The van der Waals surface area contributed by atoms with Crippen LogP contribution < -0.4 is 24.9 Å². The van der Waals surface area contributed by atoms with Gasteiger partial charge >= 0.3 is 7.60 Å². The zero-order valence-electron chi connectivity index (χ0n) is 23.8. The maximum Gasteiger partial charge on any atom is 0.356 e. The Labute approximate surface area is 242 Å². The predicted octanol–water partition coefficient (Wildman–Crippen LogP) is 0.205. The van der Waals surface area contributed by atoms with Crippen molar-refractivity contribution in [2.24, 2.45) is 14.1 Å². The summed E-state index contributed by atoms with van der Waals surface area (Å²) < 4.78 is 18.5. The summed E-state index contributed by atoms with van der Waals surface area (Å²) >= 11 is 0. The van der Waals surface area contributed by atoms with E-state index in [-0.39, 0.29) is 10.6 Å². The van der Waals surface area contributed by atoms with Gasteiger partial charge in [-0.25, -0.2) is 14.8 Å². The molecule has 42 heavy (non-hydrogen) atoms. The Kier molecular flexibility index (Phi) is 7.49.